The van der Waals surface area contributed by atoms with Crippen LogP contribution in [0.4, 0.5) is 0 Å². The number of ketones is 1. The van der Waals surface area contributed by atoms with Crippen LogP contribution in [0.5, 0.6) is 0 Å². The zero-order valence-electron chi connectivity index (χ0n) is 7.71. The van der Waals surface area contributed by atoms with Gasteiger partial charge in [-0.2, -0.15) is 0 Å². The Hall–Kier alpha value is -0.410. The topological polar surface area (TPSA) is 35.5 Å². The normalized spacial score (nSPS) is 26.7. The first kappa shape index (κ1) is 9.68. The molecule has 70 valence electrons. The minimum Gasteiger partial charge on any atom is -0.381 e. The van der Waals surface area contributed by atoms with Crippen molar-refractivity contribution in [2.24, 2.45) is 5.92 Å². The molecule has 0 radical (unpaired) electrons. The SMILES string of the molecule is COC(C)C(=O)C1CCCOC1. The van der Waals surface area contributed by atoms with Gasteiger partial charge in [-0.05, 0) is 19.8 Å². The number of carbonyl (C=O) groups is 1. The van der Waals surface area contributed by atoms with Crippen LogP contribution >= 0.6 is 0 Å². The maximum atomic E-state index is 11.5. The zero-order valence-corrected chi connectivity index (χ0v) is 7.71. The molecule has 0 aromatic rings. The molecule has 2 unspecified atom stereocenters. The lowest BCUT2D eigenvalue weighted by molar-refractivity contribution is -0.135. The summed E-state index contributed by atoms with van der Waals surface area (Å²) in [6.45, 7) is 3.16. The Balaban J connectivity index is 2.39. The minimum absolute atomic E-state index is 0.0636. The highest BCUT2D eigenvalue weighted by molar-refractivity contribution is 5.85. The van der Waals surface area contributed by atoms with E-state index in [0.717, 1.165) is 19.4 Å². The Bertz CT molecular complexity index is 150. The van der Waals surface area contributed by atoms with Crippen molar-refractivity contribution in [3.05, 3.63) is 0 Å². The number of carbonyl (C=O) groups excluding carboxylic acids is 1. The molecule has 0 amide bonds. The van der Waals surface area contributed by atoms with Crippen LogP contribution in [0.2, 0.25) is 0 Å². The minimum atomic E-state index is -0.281. The zero-order chi connectivity index (χ0) is 8.97. The van der Waals surface area contributed by atoms with Gasteiger partial charge in [0.15, 0.2) is 5.78 Å². The van der Waals surface area contributed by atoms with Crippen LogP contribution in [0.15, 0.2) is 0 Å². The first-order valence-electron chi connectivity index (χ1n) is 4.40. The van der Waals surface area contributed by atoms with Crippen LogP contribution in [0.1, 0.15) is 19.8 Å². The van der Waals surface area contributed by atoms with E-state index in [0.29, 0.717) is 6.61 Å². The number of hydrogen-bond donors (Lipinski definition) is 0. The number of ether oxygens (including phenoxy) is 2. The Morgan fingerprint density at radius 3 is 2.92 bits per heavy atom. The first-order chi connectivity index (χ1) is 5.75. The van der Waals surface area contributed by atoms with E-state index in [9.17, 15) is 4.79 Å². The van der Waals surface area contributed by atoms with E-state index in [1.807, 2.05) is 0 Å². The largest absolute Gasteiger partial charge is 0.381 e. The summed E-state index contributed by atoms with van der Waals surface area (Å²) >= 11 is 0. The van der Waals surface area contributed by atoms with Crippen molar-refractivity contribution < 1.29 is 14.3 Å². The van der Waals surface area contributed by atoms with E-state index in [2.05, 4.69) is 0 Å². The van der Waals surface area contributed by atoms with Crippen molar-refractivity contribution >= 4 is 5.78 Å². The van der Waals surface area contributed by atoms with Crippen molar-refractivity contribution in [3.63, 3.8) is 0 Å². The van der Waals surface area contributed by atoms with Gasteiger partial charge < -0.3 is 9.47 Å². The molecule has 0 bridgehead atoms. The predicted molar refractivity (Wildman–Crippen MR) is 45.0 cm³/mol. The quantitative estimate of drug-likeness (QED) is 0.637. The van der Waals surface area contributed by atoms with Crippen LogP contribution in [-0.4, -0.2) is 32.2 Å². The average molecular weight is 172 g/mol. The summed E-state index contributed by atoms with van der Waals surface area (Å²) in [5.41, 5.74) is 0. The van der Waals surface area contributed by atoms with Gasteiger partial charge in [-0.25, -0.2) is 0 Å². The van der Waals surface area contributed by atoms with Crippen LogP contribution < -0.4 is 0 Å². The van der Waals surface area contributed by atoms with Crippen LogP contribution in [0.3, 0.4) is 0 Å². The Kier molecular flexibility index (Phi) is 3.69. The van der Waals surface area contributed by atoms with Crippen molar-refractivity contribution in [1.82, 2.24) is 0 Å². The van der Waals surface area contributed by atoms with Gasteiger partial charge in [-0.1, -0.05) is 0 Å². The molecule has 1 rings (SSSR count). The summed E-state index contributed by atoms with van der Waals surface area (Å²) in [5.74, 6) is 0.242. The molecule has 1 aliphatic rings. The maximum Gasteiger partial charge on any atom is 0.166 e. The van der Waals surface area contributed by atoms with Crippen molar-refractivity contribution in [3.8, 4) is 0 Å². The molecule has 2 atom stereocenters. The molecule has 0 saturated carbocycles. The van der Waals surface area contributed by atoms with E-state index in [-0.39, 0.29) is 17.8 Å². The van der Waals surface area contributed by atoms with Gasteiger partial charge in [-0.3, -0.25) is 4.79 Å². The number of rotatable bonds is 3. The van der Waals surface area contributed by atoms with E-state index in [1.54, 1.807) is 14.0 Å². The lowest BCUT2D eigenvalue weighted by atomic mass is 9.95. The summed E-state index contributed by atoms with van der Waals surface area (Å²) in [6, 6.07) is 0. The van der Waals surface area contributed by atoms with Crippen LogP contribution in [0, 0.1) is 5.92 Å². The van der Waals surface area contributed by atoms with Gasteiger partial charge in [0.1, 0.15) is 6.10 Å². The second kappa shape index (κ2) is 4.58. The highest BCUT2D eigenvalue weighted by Crippen LogP contribution is 2.16. The summed E-state index contributed by atoms with van der Waals surface area (Å²) < 4.78 is 10.2. The highest BCUT2D eigenvalue weighted by atomic mass is 16.5. The molecule has 0 N–H and O–H groups in total. The van der Waals surface area contributed by atoms with Gasteiger partial charge in [0.25, 0.3) is 0 Å². The van der Waals surface area contributed by atoms with Gasteiger partial charge in [0, 0.05) is 19.6 Å². The van der Waals surface area contributed by atoms with Gasteiger partial charge in [-0.15, -0.1) is 0 Å². The summed E-state index contributed by atoms with van der Waals surface area (Å²) in [7, 11) is 1.56. The molecular weight excluding hydrogens is 156 g/mol. The second-order valence-electron chi connectivity index (χ2n) is 3.19. The summed E-state index contributed by atoms with van der Waals surface area (Å²) in [5, 5.41) is 0. The van der Waals surface area contributed by atoms with E-state index < -0.39 is 0 Å². The number of methoxy groups -OCH3 is 1. The monoisotopic (exact) mass is 172 g/mol. The fourth-order valence-electron chi connectivity index (χ4n) is 1.41. The first-order valence-corrected chi connectivity index (χ1v) is 4.40. The fourth-order valence-corrected chi connectivity index (χ4v) is 1.41. The van der Waals surface area contributed by atoms with E-state index in [4.69, 9.17) is 9.47 Å². The predicted octanol–water partition coefficient (Wildman–Crippen LogP) is 1.02. The lowest BCUT2D eigenvalue weighted by Crippen LogP contribution is -2.32. The highest BCUT2D eigenvalue weighted by Gasteiger charge is 2.25. The molecule has 1 heterocycles. The van der Waals surface area contributed by atoms with Crippen molar-refractivity contribution in [2.45, 2.75) is 25.9 Å². The molecule has 0 aromatic heterocycles. The van der Waals surface area contributed by atoms with Crippen LogP contribution in [0.25, 0.3) is 0 Å². The molecule has 1 fully saturated rings. The Morgan fingerprint density at radius 1 is 1.67 bits per heavy atom. The third-order valence-electron chi connectivity index (χ3n) is 2.32. The van der Waals surface area contributed by atoms with Crippen molar-refractivity contribution in [2.75, 3.05) is 20.3 Å². The lowest BCUT2D eigenvalue weighted by Gasteiger charge is -2.22. The van der Waals surface area contributed by atoms with E-state index >= 15 is 0 Å². The smallest absolute Gasteiger partial charge is 0.166 e. The standard InChI is InChI=1S/C9H16O3/c1-7(11-2)9(10)8-4-3-5-12-6-8/h7-8H,3-6H2,1-2H3. The molecule has 3 heteroatoms. The van der Waals surface area contributed by atoms with Crippen molar-refractivity contribution in [1.29, 1.82) is 0 Å². The number of hydrogen-bond acceptors (Lipinski definition) is 3. The number of Topliss-reactive ketones (excluding diaryl/α,β-unsaturated/α-hetero) is 1. The van der Waals surface area contributed by atoms with Crippen LogP contribution in [-0.2, 0) is 14.3 Å². The molecule has 12 heavy (non-hydrogen) atoms. The maximum absolute atomic E-state index is 11.5. The Morgan fingerprint density at radius 2 is 2.42 bits per heavy atom. The third-order valence-corrected chi connectivity index (χ3v) is 2.32. The molecule has 0 aliphatic carbocycles. The second-order valence-corrected chi connectivity index (χ2v) is 3.19. The van der Waals surface area contributed by atoms with E-state index in [1.165, 1.54) is 0 Å². The summed E-state index contributed by atoms with van der Waals surface area (Å²) in [6.07, 6.45) is 1.66. The molecule has 3 nitrogen and oxygen atoms in total. The van der Waals surface area contributed by atoms with Gasteiger partial charge in [0.2, 0.25) is 0 Å². The third kappa shape index (κ3) is 2.29. The molecular formula is C9H16O3. The molecule has 1 aliphatic heterocycles. The fraction of sp³-hybridized carbons (Fsp3) is 0.889. The average Bonchev–Trinajstić information content (AvgIpc) is 2.17. The molecule has 0 spiro atoms. The van der Waals surface area contributed by atoms with Gasteiger partial charge >= 0.3 is 0 Å². The van der Waals surface area contributed by atoms with Gasteiger partial charge in [0.05, 0.1) is 6.61 Å². The molecule has 1 saturated heterocycles. The Labute approximate surface area is 73.0 Å². The molecule has 0 aromatic carbocycles. The summed E-state index contributed by atoms with van der Waals surface area (Å²) in [4.78, 5) is 11.5.